The van der Waals surface area contributed by atoms with Crippen molar-refractivity contribution in [3.63, 3.8) is 0 Å². The fraction of sp³-hybridized carbons (Fsp3) is 0.692. The maximum Gasteiger partial charge on any atom is 0.0972 e. The molecular formula is C13H20OS2. The largest absolute Gasteiger partial charge is 0.387 e. The molecule has 1 atom stereocenters. The molecule has 0 aliphatic heterocycles. The van der Waals surface area contributed by atoms with Crippen LogP contribution in [0.3, 0.4) is 0 Å². The minimum absolute atomic E-state index is 0.259. The molecule has 0 radical (unpaired) electrons. The molecule has 1 fully saturated rings. The highest BCUT2D eigenvalue weighted by Gasteiger charge is 2.17. The average Bonchev–Trinajstić information content (AvgIpc) is 2.74. The average molecular weight is 256 g/mol. The molecule has 2 rings (SSSR count). The van der Waals surface area contributed by atoms with E-state index >= 15 is 0 Å². The zero-order valence-electron chi connectivity index (χ0n) is 9.82. The third kappa shape index (κ3) is 3.51. The van der Waals surface area contributed by atoms with Gasteiger partial charge in [-0.05, 0) is 31.9 Å². The second-order valence-corrected chi connectivity index (χ2v) is 7.21. The fourth-order valence-corrected chi connectivity index (χ4v) is 4.44. The van der Waals surface area contributed by atoms with E-state index in [0.717, 1.165) is 15.9 Å². The van der Waals surface area contributed by atoms with Crippen LogP contribution in [0.4, 0.5) is 0 Å². The Hall–Kier alpha value is 0.01000. The van der Waals surface area contributed by atoms with E-state index in [9.17, 15) is 5.11 Å². The molecule has 0 aromatic carbocycles. The molecule has 0 bridgehead atoms. The number of aliphatic hydroxyl groups excluding tert-OH is 1. The van der Waals surface area contributed by atoms with Crippen LogP contribution < -0.4 is 0 Å². The quantitative estimate of drug-likeness (QED) is 0.873. The summed E-state index contributed by atoms with van der Waals surface area (Å²) in [4.78, 5) is 2.41. The fourth-order valence-electron chi connectivity index (χ4n) is 2.17. The Labute approximate surface area is 106 Å². The van der Waals surface area contributed by atoms with E-state index in [-0.39, 0.29) is 6.10 Å². The zero-order valence-corrected chi connectivity index (χ0v) is 11.4. The Morgan fingerprint density at radius 1 is 1.38 bits per heavy atom. The maximum atomic E-state index is 10.1. The summed E-state index contributed by atoms with van der Waals surface area (Å²) >= 11 is 3.69. The molecule has 90 valence electrons. The van der Waals surface area contributed by atoms with Crippen molar-refractivity contribution in [2.45, 2.75) is 50.4 Å². The van der Waals surface area contributed by atoms with Gasteiger partial charge in [-0.3, -0.25) is 0 Å². The smallest absolute Gasteiger partial charge is 0.0972 e. The summed E-state index contributed by atoms with van der Waals surface area (Å²) in [5.74, 6) is 0.866. The van der Waals surface area contributed by atoms with Crippen LogP contribution in [0.5, 0.6) is 0 Å². The summed E-state index contributed by atoms with van der Waals surface area (Å²) in [7, 11) is 0. The first kappa shape index (κ1) is 12.5. The molecule has 1 aliphatic rings. The van der Waals surface area contributed by atoms with Gasteiger partial charge in [0, 0.05) is 20.8 Å². The molecule has 1 heterocycles. The van der Waals surface area contributed by atoms with Crippen LogP contribution in [0.15, 0.2) is 12.1 Å². The molecule has 1 aromatic heterocycles. The van der Waals surface area contributed by atoms with E-state index in [1.807, 2.05) is 11.8 Å². The van der Waals surface area contributed by atoms with Gasteiger partial charge in [0.15, 0.2) is 0 Å². The molecule has 16 heavy (non-hydrogen) atoms. The van der Waals surface area contributed by atoms with Crippen LogP contribution >= 0.6 is 23.1 Å². The van der Waals surface area contributed by atoms with Crippen LogP contribution in [0.1, 0.15) is 48.0 Å². The second kappa shape index (κ2) is 6.08. The van der Waals surface area contributed by atoms with E-state index < -0.39 is 0 Å². The highest BCUT2D eigenvalue weighted by molar-refractivity contribution is 7.99. The molecule has 0 amide bonds. The third-order valence-electron chi connectivity index (χ3n) is 3.13. The number of aryl methyl sites for hydroxylation is 1. The molecule has 0 saturated heterocycles. The Morgan fingerprint density at radius 2 is 2.12 bits per heavy atom. The van der Waals surface area contributed by atoms with Gasteiger partial charge in [0.25, 0.3) is 0 Å². The summed E-state index contributed by atoms with van der Waals surface area (Å²) in [5.41, 5.74) is 0. The predicted molar refractivity (Wildman–Crippen MR) is 73.3 cm³/mol. The van der Waals surface area contributed by atoms with Gasteiger partial charge in [-0.25, -0.2) is 0 Å². The summed E-state index contributed by atoms with van der Waals surface area (Å²) in [6, 6.07) is 4.15. The number of hydrogen-bond acceptors (Lipinski definition) is 3. The van der Waals surface area contributed by atoms with Crippen LogP contribution in [0.25, 0.3) is 0 Å². The SMILES string of the molecule is Cc1ccc(C(O)CSC2CCCCC2)s1. The van der Waals surface area contributed by atoms with Gasteiger partial charge in [-0.2, -0.15) is 11.8 Å². The Morgan fingerprint density at radius 3 is 2.75 bits per heavy atom. The number of rotatable bonds is 4. The molecular weight excluding hydrogens is 236 g/mol. The number of thioether (sulfide) groups is 1. The van der Waals surface area contributed by atoms with Crippen molar-refractivity contribution in [3.05, 3.63) is 21.9 Å². The molecule has 1 saturated carbocycles. The summed E-state index contributed by atoms with van der Waals surface area (Å²) in [5, 5.41) is 10.8. The van der Waals surface area contributed by atoms with Gasteiger partial charge < -0.3 is 5.11 Å². The molecule has 1 nitrogen and oxygen atoms in total. The van der Waals surface area contributed by atoms with Crippen molar-refractivity contribution in [1.82, 2.24) is 0 Å². The summed E-state index contributed by atoms with van der Waals surface area (Å²) < 4.78 is 0. The van der Waals surface area contributed by atoms with Crippen LogP contribution in [0.2, 0.25) is 0 Å². The Kier molecular flexibility index (Phi) is 4.74. The predicted octanol–water partition coefficient (Wildman–Crippen LogP) is 4.16. The maximum absolute atomic E-state index is 10.1. The number of aliphatic hydroxyl groups is 1. The lowest BCUT2D eigenvalue weighted by Crippen LogP contribution is -2.10. The normalized spacial score (nSPS) is 19.9. The van der Waals surface area contributed by atoms with Crippen molar-refractivity contribution < 1.29 is 5.11 Å². The van der Waals surface area contributed by atoms with Gasteiger partial charge >= 0.3 is 0 Å². The van der Waals surface area contributed by atoms with Crippen molar-refractivity contribution in [3.8, 4) is 0 Å². The van der Waals surface area contributed by atoms with E-state index in [1.54, 1.807) is 11.3 Å². The molecule has 1 N–H and O–H groups in total. The lowest BCUT2D eigenvalue weighted by Gasteiger charge is -2.22. The Bertz CT molecular complexity index is 315. The second-order valence-electron chi connectivity index (χ2n) is 4.56. The van der Waals surface area contributed by atoms with Crippen molar-refractivity contribution in [2.75, 3.05) is 5.75 Å². The monoisotopic (exact) mass is 256 g/mol. The number of hydrogen-bond donors (Lipinski definition) is 1. The van der Waals surface area contributed by atoms with Gasteiger partial charge in [-0.1, -0.05) is 19.3 Å². The minimum Gasteiger partial charge on any atom is -0.387 e. The zero-order chi connectivity index (χ0) is 11.4. The summed E-state index contributed by atoms with van der Waals surface area (Å²) in [6.45, 7) is 2.09. The number of thiophene rings is 1. The first-order valence-corrected chi connectivity index (χ1v) is 7.98. The highest BCUT2D eigenvalue weighted by Crippen LogP contribution is 2.32. The van der Waals surface area contributed by atoms with E-state index in [4.69, 9.17) is 0 Å². The standard InChI is InChI=1S/C13H20OS2/c1-10-7-8-13(16-10)12(14)9-15-11-5-3-2-4-6-11/h7-8,11-12,14H,2-6,9H2,1H3. The van der Waals surface area contributed by atoms with Gasteiger partial charge in [-0.15, -0.1) is 11.3 Å². The van der Waals surface area contributed by atoms with Crippen LogP contribution in [-0.4, -0.2) is 16.1 Å². The summed E-state index contributed by atoms with van der Waals surface area (Å²) in [6.07, 6.45) is 6.61. The third-order valence-corrected chi connectivity index (χ3v) is 5.68. The first-order valence-electron chi connectivity index (χ1n) is 6.11. The van der Waals surface area contributed by atoms with Crippen molar-refractivity contribution in [2.24, 2.45) is 0 Å². The van der Waals surface area contributed by atoms with Crippen molar-refractivity contribution in [1.29, 1.82) is 0 Å². The van der Waals surface area contributed by atoms with E-state index in [2.05, 4.69) is 19.1 Å². The van der Waals surface area contributed by atoms with Gasteiger partial charge in [0.1, 0.15) is 0 Å². The molecule has 1 unspecified atom stereocenters. The van der Waals surface area contributed by atoms with Crippen molar-refractivity contribution >= 4 is 23.1 Å². The van der Waals surface area contributed by atoms with E-state index in [1.165, 1.54) is 37.0 Å². The van der Waals surface area contributed by atoms with Gasteiger partial charge in [0.2, 0.25) is 0 Å². The molecule has 3 heteroatoms. The minimum atomic E-state index is -0.259. The Balaban J connectivity index is 1.76. The molecule has 1 aliphatic carbocycles. The van der Waals surface area contributed by atoms with Crippen LogP contribution in [0, 0.1) is 6.92 Å². The van der Waals surface area contributed by atoms with Crippen LogP contribution in [-0.2, 0) is 0 Å². The molecule has 0 spiro atoms. The highest BCUT2D eigenvalue weighted by atomic mass is 32.2. The first-order chi connectivity index (χ1) is 7.75. The van der Waals surface area contributed by atoms with E-state index in [0.29, 0.717) is 0 Å². The topological polar surface area (TPSA) is 20.2 Å². The lowest BCUT2D eigenvalue weighted by molar-refractivity contribution is 0.207. The molecule has 1 aromatic rings. The lowest BCUT2D eigenvalue weighted by atomic mass is 10.0. The van der Waals surface area contributed by atoms with Gasteiger partial charge in [0.05, 0.1) is 6.10 Å².